The van der Waals surface area contributed by atoms with E-state index >= 15 is 0 Å². The Balaban J connectivity index is 1.23. The van der Waals surface area contributed by atoms with E-state index < -0.39 is 5.60 Å². The topological polar surface area (TPSA) is 35.5 Å². The van der Waals surface area contributed by atoms with E-state index in [1.165, 1.54) is 11.1 Å². The number of piperidine rings is 1. The van der Waals surface area contributed by atoms with Crippen LogP contribution in [0.15, 0.2) is 60.7 Å². The van der Waals surface area contributed by atoms with E-state index in [0.29, 0.717) is 11.8 Å². The number of hydrogen-bond acceptors (Lipinski definition) is 3. The average Bonchev–Trinajstić information content (AvgIpc) is 3.19. The molecule has 2 saturated heterocycles. The van der Waals surface area contributed by atoms with E-state index in [2.05, 4.69) is 70.9 Å². The van der Waals surface area contributed by atoms with Crippen molar-refractivity contribution in [1.29, 1.82) is 0 Å². The fourth-order valence-corrected chi connectivity index (χ4v) is 5.01. The molecule has 2 aromatic rings. The van der Waals surface area contributed by atoms with Gasteiger partial charge in [0.2, 0.25) is 0 Å². The van der Waals surface area contributed by atoms with Gasteiger partial charge in [-0.05, 0) is 55.7 Å². The van der Waals surface area contributed by atoms with Gasteiger partial charge in [-0.25, -0.2) is 0 Å². The number of hydrogen-bond donors (Lipinski definition) is 2. The van der Waals surface area contributed by atoms with E-state index in [1.54, 1.807) is 0 Å². The third kappa shape index (κ3) is 5.02. The smallest absolute Gasteiger partial charge is 0.0672 e. The molecule has 150 valence electrons. The molecule has 3 heteroatoms. The van der Waals surface area contributed by atoms with Crippen LogP contribution in [-0.2, 0) is 6.42 Å². The molecular weight excluding hydrogens is 344 g/mol. The van der Waals surface area contributed by atoms with Gasteiger partial charge >= 0.3 is 0 Å². The van der Waals surface area contributed by atoms with Crippen LogP contribution >= 0.6 is 0 Å². The number of aliphatic hydroxyl groups is 1. The highest BCUT2D eigenvalue weighted by Crippen LogP contribution is 2.32. The number of nitrogens with one attached hydrogen (secondary N) is 1. The summed E-state index contributed by atoms with van der Waals surface area (Å²) < 4.78 is 0. The molecule has 2 N–H and O–H groups in total. The summed E-state index contributed by atoms with van der Waals surface area (Å²) in [5.74, 6) is 1.29. The molecule has 0 radical (unpaired) electrons. The molecule has 2 heterocycles. The first-order valence-corrected chi connectivity index (χ1v) is 11.0. The first kappa shape index (κ1) is 19.6. The SMILES string of the molecule is OC1(CCCc2ccccc2)CCN(C[C@@H]2CNC[C@@H]2c2ccccc2)CC1. The normalized spacial score (nSPS) is 25.0. The van der Waals surface area contributed by atoms with Gasteiger partial charge in [-0.3, -0.25) is 0 Å². The standard InChI is InChI=1S/C25H34N2O/c28-25(13-7-10-21-8-3-1-4-9-21)14-16-27(17-15-25)20-23-18-26-19-24(23)22-11-5-2-6-12-22/h1-6,8-9,11-12,23-24,26,28H,7,10,13-20H2/t23-,24+/m0/s1. The van der Waals surface area contributed by atoms with Crippen molar-refractivity contribution in [3.05, 3.63) is 71.8 Å². The Morgan fingerprint density at radius 3 is 2.32 bits per heavy atom. The van der Waals surface area contributed by atoms with E-state index in [-0.39, 0.29) is 0 Å². The van der Waals surface area contributed by atoms with Gasteiger partial charge in [0.1, 0.15) is 0 Å². The van der Waals surface area contributed by atoms with Crippen molar-refractivity contribution in [2.45, 2.75) is 43.6 Å². The van der Waals surface area contributed by atoms with Crippen molar-refractivity contribution in [3.63, 3.8) is 0 Å². The molecule has 4 rings (SSSR count). The largest absolute Gasteiger partial charge is 0.390 e. The molecule has 0 bridgehead atoms. The minimum absolute atomic E-state index is 0.460. The lowest BCUT2D eigenvalue weighted by Gasteiger charge is -2.39. The molecule has 28 heavy (non-hydrogen) atoms. The van der Waals surface area contributed by atoms with Crippen LogP contribution in [-0.4, -0.2) is 48.3 Å². The summed E-state index contributed by atoms with van der Waals surface area (Å²) in [5, 5.41) is 14.6. The maximum Gasteiger partial charge on any atom is 0.0672 e. The van der Waals surface area contributed by atoms with Crippen LogP contribution in [0.1, 0.15) is 42.7 Å². The molecule has 2 aliphatic heterocycles. The van der Waals surface area contributed by atoms with Crippen LogP contribution in [0.25, 0.3) is 0 Å². The zero-order chi connectivity index (χ0) is 19.2. The Kier molecular flexibility index (Phi) is 6.46. The van der Waals surface area contributed by atoms with Crippen LogP contribution < -0.4 is 5.32 Å². The van der Waals surface area contributed by atoms with Gasteiger partial charge in [0, 0.05) is 32.1 Å². The van der Waals surface area contributed by atoms with Crippen LogP contribution in [0.3, 0.4) is 0 Å². The summed E-state index contributed by atoms with van der Waals surface area (Å²) in [6.45, 7) is 5.40. The summed E-state index contributed by atoms with van der Waals surface area (Å²) in [7, 11) is 0. The fourth-order valence-electron chi connectivity index (χ4n) is 5.01. The predicted octanol–water partition coefficient (Wildman–Crippen LogP) is 3.84. The van der Waals surface area contributed by atoms with Crippen LogP contribution in [0.4, 0.5) is 0 Å². The molecule has 2 aliphatic rings. The Labute approximate surface area is 169 Å². The van der Waals surface area contributed by atoms with Crippen molar-refractivity contribution in [3.8, 4) is 0 Å². The lowest BCUT2D eigenvalue weighted by molar-refractivity contribution is -0.0314. The van der Waals surface area contributed by atoms with Gasteiger partial charge in [0.15, 0.2) is 0 Å². The zero-order valence-electron chi connectivity index (χ0n) is 16.9. The van der Waals surface area contributed by atoms with Gasteiger partial charge in [-0.1, -0.05) is 60.7 Å². The van der Waals surface area contributed by atoms with Gasteiger partial charge in [-0.15, -0.1) is 0 Å². The van der Waals surface area contributed by atoms with Crippen molar-refractivity contribution in [1.82, 2.24) is 10.2 Å². The summed E-state index contributed by atoms with van der Waals surface area (Å²) in [4.78, 5) is 2.58. The Morgan fingerprint density at radius 1 is 0.929 bits per heavy atom. The summed E-state index contributed by atoms with van der Waals surface area (Å²) in [5.41, 5.74) is 2.38. The second kappa shape index (κ2) is 9.21. The Bertz CT molecular complexity index is 710. The highest BCUT2D eigenvalue weighted by Gasteiger charge is 2.35. The number of nitrogens with zero attached hydrogens (tertiary/aromatic N) is 1. The van der Waals surface area contributed by atoms with Crippen molar-refractivity contribution in [2.75, 3.05) is 32.7 Å². The number of aryl methyl sites for hydroxylation is 1. The first-order valence-electron chi connectivity index (χ1n) is 11.0. The highest BCUT2D eigenvalue weighted by atomic mass is 16.3. The fraction of sp³-hybridized carbons (Fsp3) is 0.520. The monoisotopic (exact) mass is 378 g/mol. The van der Waals surface area contributed by atoms with Crippen molar-refractivity contribution >= 4 is 0 Å². The van der Waals surface area contributed by atoms with Gasteiger partial charge in [-0.2, -0.15) is 0 Å². The lowest BCUT2D eigenvalue weighted by Crippen LogP contribution is -2.46. The zero-order valence-corrected chi connectivity index (χ0v) is 16.9. The van der Waals surface area contributed by atoms with Crippen LogP contribution in [0.5, 0.6) is 0 Å². The highest BCUT2D eigenvalue weighted by molar-refractivity contribution is 5.22. The maximum absolute atomic E-state index is 11.0. The summed E-state index contributed by atoms with van der Waals surface area (Å²) >= 11 is 0. The van der Waals surface area contributed by atoms with E-state index in [4.69, 9.17) is 0 Å². The molecule has 0 unspecified atom stereocenters. The van der Waals surface area contributed by atoms with Gasteiger partial charge < -0.3 is 15.3 Å². The molecule has 2 aromatic carbocycles. The minimum atomic E-state index is -0.460. The maximum atomic E-state index is 11.0. The molecule has 0 aromatic heterocycles. The molecule has 2 atom stereocenters. The van der Waals surface area contributed by atoms with E-state index in [9.17, 15) is 5.11 Å². The molecule has 0 aliphatic carbocycles. The minimum Gasteiger partial charge on any atom is -0.390 e. The van der Waals surface area contributed by atoms with E-state index in [0.717, 1.165) is 64.8 Å². The predicted molar refractivity (Wildman–Crippen MR) is 116 cm³/mol. The number of rotatable bonds is 7. The summed E-state index contributed by atoms with van der Waals surface area (Å²) in [6, 6.07) is 21.6. The quantitative estimate of drug-likeness (QED) is 0.768. The lowest BCUT2D eigenvalue weighted by atomic mass is 9.84. The number of likely N-dealkylation sites (tertiary alicyclic amines) is 1. The van der Waals surface area contributed by atoms with E-state index in [1.807, 2.05) is 0 Å². The van der Waals surface area contributed by atoms with Crippen LogP contribution in [0.2, 0.25) is 0 Å². The third-order valence-corrected chi connectivity index (χ3v) is 6.80. The van der Waals surface area contributed by atoms with Crippen molar-refractivity contribution in [2.24, 2.45) is 5.92 Å². The average molecular weight is 379 g/mol. The summed E-state index contributed by atoms with van der Waals surface area (Å²) in [6.07, 6.45) is 4.89. The molecule has 0 spiro atoms. The Morgan fingerprint density at radius 2 is 1.61 bits per heavy atom. The number of benzene rings is 2. The first-order chi connectivity index (χ1) is 13.7. The molecule has 3 nitrogen and oxygen atoms in total. The molecule has 2 fully saturated rings. The van der Waals surface area contributed by atoms with Gasteiger partial charge in [0.25, 0.3) is 0 Å². The Hall–Kier alpha value is -1.68. The molecule has 0 amide bonds. The second-order valence-electron chi connectivity index (χ2n) is 8.80. The van der Waals surface area contributed by atoms with Crippen molar-refractivity contribution < 1.29 is 5.11 Å². The third-order valence-electron chi connectivity index (χ3n) is 6.80. The molecular formula is C25H34N2O. The van der Waals surface area contributed by atoms with Crippen LogP contribution in [0, 0.1) is 5.92 Å². The second-order valence-corrected chi connectivity index (χ2v) is 8.80. The molecule has 0 saturated carbocycles. The van der Waals surface area contributed by atoms with Gasteiger partial charge in [0.05, 0.1) is 5.60 Å².